The average Bonchev–Trinajstić information content (AvgIpc) is 2.87. The maximum atomic E-state index is 13.8. The summed E-state index contributed by atoms with van der Waals surface area (Å²) in [6.45, 7) is 0. The summed E-state index contributed by atoms with van der Waals surface area (Å²) in [6.07, 6.45) is 2.47. The second-order valence-electron chi connectivity index (χ2n) is 9.01. The molecule has 0 saturated carbocycles. The zero-order valence-corrected chi connectivity index (χ0v) is 25.3. The lowest BCUT2D eigenvalue weighted by Gasteiger charge is -2.22. The normalized spacial score (nSPS) is 12.9. The number of urea groups is 1. The molecule has 0 unspecified atom stereocenters. The van der Waals surface area contributed by atoms with Crippen molar-refractivity contribution in [1.29, 1.82) is 0 Å². The standard InChI is InChI=1S/C27H21Br2F4N5O3S/c28-21-3-1-5-34-25(21)23(11-15-7-17(30)13-18(31)8-15)36-27(39)38-42(40,41)37-24(26-22(29)4-2-6-35-26)12-16-9-19(32)14-20(33)10-16/h1-10,13-14,23-24,37H,11-12H2,(H2,36,38,39)/t23-,24-/m0/s1. The first kappa shape index (κ1) is 31.5. The van der Waals surface area contributed by atoms with Crippen LogP contribution in [0.1, 0.15) is 34.6 Å². The van der Waals surface area contributed by atoms with Crippen LogP contribution in [-0.4, -0.2) is 24.4 Å². The summed E-state index contributed by atoms with van der Waals surface area (Å²) in [5, 5.41) is 2.48. The Morgan fingerprint density at radius 1 is 0.738 bits per heavy atom. The summed E-state index contributed by atoms with van der Waals surface area (Å²) in [5.74, 6) is -3.36. The number of aromatic nitrogens is 2. The van der Waals surface area contributed by atoms with E-state index in [1.165, 1.54) is 12.4 Å². The van der Waals surface area contributed by atoms with Crippen LogP contribution >= 0.6 is 31.9 Å². The molecule has 0 aliphatic rings. The Hall–Kier alpha value is -3.40. The molecule has 0 spiro atoms. The van der Waals surface area contributed by atoms with E-state index < -0.39 is 51.6 Å². The topological polar surface area (TPSA) is 113 Å². The van der Waals surface area contributed by atoms with Crippen molar-refractivity contribution in [3.63, 3.8) is 0 Å². The van der Waals surface area contributed by atoms with Gasteiger partial charge in [0.05, 0.1) is 23.5 Å². The molecule has 0 aliphatic heterocycles. The highest BCUT2D eigenvalue weighted by atomic mass is 79.9. The quantitative estimate of drug-likeness (QED) is 0.175. The van der Waals surface area contributed by atoms with Crippen LogP contribution < -0.4 is 14.8 Å². The maximum absolute atomic E-state index is 13.8. The fourth-order valence-electron chi connectivity index (χ4n) is 4.17. The lowest BCUT2D eigenvalue weighted by molar-refractivity contribution is 0.241. The van der Waals surface area contributed by atoms with Gasteiger partial charge in [-0.15, -0.1) is 0 Å². The summed E-state index contributed by atoms with van der Waals surface area (Å²) < 4.78 is 86.5. The fraction of sp³-hybridized carbons (Fsp3) is 0.148. The van der Waals surface area contributed by atoms with Gasteiger partial charge in [-0.3, -0.25) is 9.97 Å². The molecule has 0 fully saturated rings. The van der Waals surface area contributed by atoms with Crippen molar-refractivity contribution in [3.05, 3.63) is 128 Å². The summed E-state index contributed by atoms with van der Waals surface area (Å²) in [7, 11) is -4.62. The largest absolute Gasteiger partial charge is 0.329 e. The Morgan fingerprint density at radius 2 is 1.17 bits per heavy atom. The number of rotatable bonds is 10. The molecular weight excluding hydrogens is 710 g/mol. The van der Waals surface area contributed by atoms with E-state index in [0.717, 1.165) is 24.3 Å². The first-order chi connectivity index (χ1) is 19.9. The van der Waals surface area contributed by atoms with Crippen LogP contribution in [0.2, 0.25) is 0 Å². The molecule has 42 heavy (non-hydrogen) atoms. The highest BCUT2D eigenvalue weighted by Crippen LogP contribution is 2.27. The summed E-state index contributed by atoms with van der Waals surface area (Å²) in [5.41, 5.74) is 0.769. The Bertz CT molecular complexity index is 1670. The lowest BCUT2D eigenvalue weighted by atomic mass is 10.0. The van der Waals surface area contributed by atoms with Gasteiger partial charge in [-0.05, 0) is 104 Å². The zero-order valence-electron chi connectivity index (χ0n) is 21.3. The van der Waals surface area contributed by atoms with E-state index in [4.69, 9.17) is 0 Å². The molecule has 2 aromatic carbocycles. The predicted molar refractivity (Wildman–Crippen MR) is 153 cm³/mol. The van der Waals surface area contributed by atoms with E-state index in [2.05, 4.69) is 51.9 Å². The number of halogens is 6. The molecule has 2 amide bonds. The molecule has 4 rings (SSSR count). The summed E-state index contributed by atoms with van der Waals surface area (Å²) >= 11 is 6.61. The molecule has 2 aromatic heterocycles. The van der Waals surface area contributed by atoms with E-state index in [1.807, 2.05) is 4.72 Å². The molecule has 15 heteroatoms. The Kier molecular flexibility index (Phi) is 10.3. The third-order valence-electron chi connectivity index (χ3n) is 5.79. The minimum atomic E-state index is -4.62. The van der Waals surface area contributed by atoms with Gasteiger partial charge in [-0.1, -0.05) is 0 Å². The number of pyridine rings is 2. The summed E-state index contributed by atoms with van der Waals surface area (Å²) in [4.78, 5) is 21.3. The number of benzene rings is 2. The second kappa shape index (κ2) is 13.7. The van der Waals surface area contributed by atoms with Crippen molar-refractivity contribution in [1.82, 2.24) is 24.7 Å². The van der Waals surface area contributed by atoms with Crippen molar-refractivity contribution < 1.29 is 30.8 Å². The van der Waals surface area contributed by atoms with Crippen LogP contribution in [-0.2, 0) is 23.1 Å². The minimum absolute atomic E-state index is 0.129. The van der Waals surface area contributed by atoms with Crippen molar-refractivity contribution in [2.45, 2.75) is 24.9 Å². The molecule has 0 aliphatic carbocycles. The second-order valence-corrected chi connectivity index (χ2v) is 12.2. The van der Waals surface area contributed by atoms with E-state index in [0.29, 0.717) is 21.1 Å². The third-order valence-corrected chi connectivity index (χ3v) is 8.18. The number of nitrogens with one attached hydrogen (secondary N) is 3. The lowest BCUT2D eigenvalue weighted by Crippen LogP contribution is -2.48. The number of hydrogen-bond acceptors (Lipinski definition) is 5. The molecule has 2 heterocycles. The molecule has 3 N–H and O–H groups in total. The molecule has 8 nitrogen and oxygen atoms in total. The Balaban J connectivity index is 1.57. The smallest absolute Gasteiger partial charge is 0.329 e. The van der Waals surface area contributed by atoms with Gasteiger partial charge in [0.2, 0.25) is 0 Å². The Labute approximate surface area is 255 Å². The van der Waals surface area contributed by atoms with Crippen LogP contribution in [0.4, 0.5) is 22.4 Å². The van der Waals surface area contributed by atoms with Gasteiger partial charge in [-0.2, -0.15) is 13.1 Å². The van der Waals surface area contributed by atoms with E-state index in [-0.39, 0.29) is 35.4 Å². The molecule has 4 aromatic rings. The number of nitrogens with zero attached hydrogens (tertiary/aromatic N) is 2. The number of carbonyl (C=O) groups excluding carboxylic acids is 1. The zero-order chi connectivity index (χ0) is 30.4. The molecule has 0 radical (unpaired) electrons. The van der Waals surface area contributed by atoms with Crippen molar-refractivity contribution in [2.24, 2.45) is 0 Å². The van der Waals surface area contributed by atoms with Gasteiger partial charge in [0, 0.05) is 33.5 Å². The van der Waals surface area contributed by atoms with Crippen LogP contribution in [0.3, 0.4) is 0 Å². The molecule has 220 valence electrons. The molecule has 0 saturated heterocycles. The highest BCUT2D eigenvalue weighted by Gasteiger charge is 2.27. The highest BCUT2D eigenvalue weighted by molar-refractivity contribution is 9.10. The van der Waals surface area contributed by atoms with E-state index >= 15 is 0 Å². The molecular formula is C27H21Br2F4N5O3S. The van der Waals surface area contributed by atoms with E-state index in [9.17, 15) is 30.8 Å². The molecule has 2 atom stereocenters. The SMILES string of the molecule is O=C(N[C@@H](Cc1cc(F)cc(F)c1)c1ncccc1Br)NS(=O)(=O)N[C@@H](Cc1cc(F)cc(F)c1)c1ncccc1Br. The average molecular weight is 731 g/mol. The van der Waals surface area contributed by atoms with Gasteiger partial charge < -0.3 is 5.32 Å². The minimum Gasteiger partial charge on any atom is -0.329 e. The summed E-state index contributed by atoms with van der Waals surface area (Å²) in [6, 6.07) is 8.69. The van der Waals surface area contributed by atoms with E-state index in [1.54, 1.807) is 24.3 Å². The van der Waals surface area contributed by atoms with Crippen LogP contribution in [0, 0.1) is 23.3 Å². The Morgan fingerprint density at radius 3 is 1.62 bits per heavy atom. The molecule has 0 bridgehead atoms. The van der Waals surface area contributed by atoms with Crippen LogP contribution in [0.15, 0.2) is 82.0 Å². The first-order valence-electron chi connectivity index (χ1n) is 12.1. The number of carbonyl (C=O) groups is 1. The first-order valence-corrected chi connectivity index (χ1v) is 15.2. The van der Waals surface area contributed by atoms with Gasteiger partial charge in [0.25, 0.3) is 0 Å². The van der Waals surface area contributed by atoms with Crippen molar-refractivity contribution in [2.75, 3.05) is 0 Å². The monoisotopic (exact) mass is 729 g/mol. The van der Waals surface area contributed by atoms with Crippen molar-refractivity contribution >= 4 is 48.1 Å². The number of amides is 2. The van der Waals surface area contributed by atoms with Crippen molar-refractivity contribution in [3.8, 4) is 0 Å². The van der Waals surface area contributed by atoms with Crippen LogP contribution in [0.5, 0.6) is 0 Å². The van der Waals surface area contributed by atoms with Gasteiger partial charge in [-0.25, -0.2) is 27.1 Å². The van der Waals surface area contributed by atoms with Gasteiger partial charge in [0.15, 0.2) is 0 Å². The third kappa shape index (κ3) is 8.80. The van der Waals surface area contributed by atoms with Gasteiger partial charge >= 0.3 is 16.2 Å². The maximum Gasteiger partial charge on any atom is 0.329 e. The fourth-order valence-corrected chi connectivity index (χ4v) is 6.17. The van der Waals surface area contributed by atoms with Gasteiger partial charge in [0.1, 0.15) is 23.3 Å². The number of hydrogen-bond donors (Lipinski definition) is 3. The van der Waals surface area contributed by atoms with Crippen LogP contribution in [0.25, 0.3) is 0 Å². The predicted octanol–water partition coefficient (Wildman–Crippen LogP) is 5.96.